The molecule has 1 aliphatic carbocycles. The molecule has 0 atom stereocenters. The number of nitrogens with two attached hydrogens (primary N) is 1. The lowest BCUT2D eigenvalue weighted by molar-refractivity contribution is 0.162. The highest BCUT2D eigenvalue weighted by molar-refractivity contribution is 5.74. The summed E-state index contributed by atoms with van der Waals surface area (Å²) < 4.78 is 5.32. The van der Waals surface area contributed by atoms with Crippen molar-refractivity contribution < 1.29 is 9.53 Å². The number of amides is 2. The van der Waals surface area contributed by atoms with Gasteiger partial charge in [0.05, 0.1) is 13.7 Å². The summed E-state index contributed by atoms with van der Waals surface area (Å²) in [5, 5.41) is 9.45. The number of aromatic nitrogens is 3. The molecule has 1 heterocycles. The molecule has 1 aromatic carbocycles. The van der Waals surface area contributed by atoms with Crippen LogP contribution in [0.4, 0.5) is 10.7 Å². The molecule has 1 fully saturated rings. The van der Waals surface area contributed by atoms with Crippen LogP contribution >= 0.6 is 0 Å². The molecular formula is C19H28N6O2. The number of aromatic amines is 1. The van der Waals surface area contributed by atoms with Gasteiger partial charge < -0.3 is 20.7 Å². The van der Waals surface area contributed by atoms with Gasteiger partial charge in [0.25, 0.3) is 0 Å². The number of nitrogens with zero attached hydrogens (tertiary/aromatic N) is 3. The predicted molar refractivity (Wildman–Crippen MR) is 103 cm³/mol. The van der Waals surface area contributed by atoms with Crippen LogP contribution < -0.4 is 15.8 Å². The standard InChI is InChI=1S/C19H28N6O2/c1-27-16-10-6-7-14(11-16)13-25(15-8-4-2-3-5-9-15)19(26)21-12-17-22-18(20)24-23-17/h6-7,10-11,15H,2-5,8-9,12-13H2,1H3,(H,21,26)(H3,20,22,23,24). The summed E-state index contributed by atoms with van der Waals surface area (Å²) in [6.07, 6.45) is 6.86. The van der Waals surface area contributed by atoms with E-state index in [4.69, 9.17) is 10.5 Å². The summed E-state index contributed by atoms with van der Waals surface area (Å²) in [5.41, 5.74) is 6.57. The van der Waals surface area contributed by atoms with E-state index in [9.17, 15) is 4.79 Å². The third-order valence-corrected chi connectivity index (χ3v) is 4.97. The lowest BCUT2D eigenvalue weighted by Gasteiger charge is -2.31. The first-order valence-electron chi connectivity index (χ1n) is 9.50. The van der Waals surface area contributed by atoms with E-state index in [2.05, 4.69) is 20.5 Å². The van der Waals surface area contributed by atoms with Crippen molar-refractivity contribution in [2.45, 2.75) is 57.7 Å². The van der Waals surface area contributed by atoms with Crippen molar-refractivity contribution in [1.82, 2.24) is 25.4 Å². The Hall–Kier alpha value is -2.77. The number of urea groups is 1. The summed E-state index contributed by atoms with van der Waals surface area (Å²) in [6.45, 7) is 0.816. The number of H-pyrrole nitrogens is 1. The van der Waals surface area contributed by atoms with E-state index < -0.39 is 0 Å². The van der Waals surface area contributed by atoms with Crippen molar-refractivity contribution in [3.63, 3.8) is 0 Å². The maximum Gasteiger partial charge on any atom is 0.318 e. The fourth-order valence-corrected chi connectivity index (χ4v) is 3.55. The summed E-state index contributed by atoms with van der Waals surface area (Å²) in [6, 6.07) is 8.01. The van der Waals surface area contributed by atoms with E-state index in [0.717, 1.165) is 37.0 Å². The highest BCUT2D eigenvalue weighted by Gasteiger charge is 2.25. The molecule has 1 aliphatic rings. The maximum atomic E-state index is 13.0. The minimum atomic E-state index is -0.0975. The van der Waals surface area contributed by atoms with E-state index in [1.165, 1.54) is 12.8 Å². The second-order valence-electron chi connectivity index (χ2n) is 6.92. The molecule has 27 heavy (non-hydrogen) atoms. The number of benzene rings is 1. The first-order valence-corrected chi connectivity index (χ1v) is 9.50. The molecule has 0 bridgehead atoms. The first-order chi connectivity index (χ1) is 13.2. The van der Waals surface area contributed by atoms with E-state index in [-0.39, 0.29) is 24.6 Å². The number of methoxy groups -OCH3 is 1. The van der Waals surface area contributed by atoms with Crippen molar-refractivity contribution >= 4 is 12.0 Å². The lowest BCUT2D eigenvalue weighted by Crippen LogP contribution is -2.45. The van der Waals surface area contributed by atoms with E-state index in [1.54, 1.807) is 7.11 Å². The molecule has 146 valence electrons. The van der Waals surface area contributed by atoms with Crippen LogP contribution in [-0.2, 0) is 13.1 Å². The number of anilines is 1. The van der Waals surface area contributed by atoms with Gasteiger partial charge in [-0.3, -0.25) is 5.10 Å². The van der Waals surface area contributed by atoms with E-state index in [1.807, 2.05) is 29.2 Å². The maximum absolute atomic E-state index is 13.0. The Labute approximate surface area is 159 Å². The van der Waals surface area contributed by atoms with Crippen LogP contribution in [0.25, 0.3) is 0 Å². The molecule has 0 aliphatic heterocycles. The monoisotopic (exact) mass is 372 g/mol. The van der Waals surface area contributed by atoms with Gasteiger partial charge in [-0.05, 0) is 30.5 Å². The van der Waals surface area contributed by atoms with Crippen molar-refractivity contribution in [2.75, 3.05) is 12.8 Å². The Kier molecular flexibility index (Phi) is 6.51. The second kappa shape index (κ2) is 9.25. The number of hydrogen-bond acceptors (Lipinski definition) is 5. The minimum absolute atomic E-state index is 0.0975. The van der Waals surface area contributed by atoms with Gasteiger partial charge in [-0.1, -0.05) is 37.8 Å². The summed E-state index contributed by atoms with van der Waals surface area (Å²) >= 11 is 0. The van der Waals surface area contributed by atoms with Gasteiger partial charge in [0, 0.05) is 12.6 Å². The average Bonchev–Trinajstić information content (AvgIpc) is 2.93. The second-order valence-corrected chi connectivity index (χ2v) is 6.92. The Morgan fingerprint density at radius 2 is 2.11 bits per heavy atom. The van der Waals surface area contributed by atoms with Crippen molar-refractivity contribution in [3.05, 3.63) is 35.7 Å². The van der Waals surface area contributed by atoms with Crippen LogP contribution in [-0.4, -0.2) is 39.3 Å². The zero-order chi connectivity index (χ0) is 19.1. The zero-order valence-corrected chi connectivity index (χ0v) is 15.8. The van der Waals surface area contributed by atoms with E-state index >= 15 is 0 Å². The molecular weight excluding hydrogens is 344 g/mol. The smallest absolute Gasteiger partial charge is 0.318 e. The van der Waals surface area contributed by atoms with Gasteiger partial charge in [-0.25, -0.2) is 4.79 Å². The summed E-state index contributed by atoms with van der Waals surface area (Å²) in [5.74, 6) is 1.52. The van der Waals surface area contributed by atoms with Crippen molar-refractivity contribution in [1.29, 1.82) is 0 Å². The number of carbonyl (C=O) groups is 1. The van der Waals surface area contributed by atoms with Crippen molar-refractivity contribution in [2.24, 2.45) is 0 Å². The number of carbonyl (C=O) groups excluding carboxylic acids is 1. The summed E-state index contributed by atoms with van der Waals surface area (Å²) in [7, 11) is 1.65. The van der Waals surface area contributed by atoms with Crippen LogP contribution in [0.5, 0.6) is 5.75 Å². The van der Waals surface area contributed by atoms with Crippen LogP contribution in [0.1, 0.15) is 49.9 Å². The first kappa shape index (κ1) is 19.0. The molecule has 1 aromatic heterocycles. The van der Waals surface area contributed by atoms with Crippen molar-refractivity contribution in [3.8, 4) is 5.75 Å². The van der Waals surface area contributed by atoms with Gasteiger partial charge in [-0.15, -0.1) is 5.10 Å². The Morgan fingerprint density at radius 3 is 2.78 bits per heavy atom. The molecule has 0 unspecified atom stereocenters. The highest BCUT2D eigenvalue weighted by Crippen LogP contribution is 2.24. The summed E-state index contributed by atoms with van der Waals surface area (Å²) in [4.78, 5) is 19.0. The Morgan fingerprint density at radius 1 is 1.33 bits per heavy atom. The van der Waals surface area contributed by atoms with Crippen LogP contribution in [0.3, 0.4) is 0 Å². The van der Waals surface area contributed by atoms with Gasteiger partial charge in [0.1, 0.15) is 11.6 Å². The largest absolute Gasteiger partial charge is 0.497 e. The Balaban J connectivity index is 1.72. The Bertz CT molecular complexity index is 739. The van der Waals surface area contributed by atoms with Gasteiger partial charge in [0.15, 0.2) is 0 Å². The number of nitrogens with one attached hydrogen (secondary N) is 2. The average molecular weight is 372 g/mol. The molecule has 0 spiro atoms. The number of nitrogen functional groups attached to an aromatic ring is 1. The molecule has 0 saturated heterocycles. The van der Waals surface area contributed by atoms with Crippen LogP contribution in [0.15, 0.2) is 24.3 Å². The molecule has 3 rings (SSSR count). The third kappa shape index (κ3) is 5.35. The van der Waals surface area contributed by atoms with Gasteiger partial charge in [0.2, 0.25) is 5.95 Å². The van der Waals surface area contributed by atoms with E-state index in [0.29, 0.717) is 12.4 Å². The number of rotatable bonds is 6. The molecule has 1 saturated carbocycles. The van der Waals surface area contributed by atoms with Crippen LogP contribution in [0.2, 0.25) is 0 Å². The zero-order valence-electron chi connectivity index (χ0n) is 15.8. The molecule has 8 nitrogen and oxygen atoms in total. The molecule has 0 radical (unpaired) electrons. The quantitative estimate of drug-likeness (QED) is 0.676. The number of hydrogen-bond donors (Lipinski definition) is 3. The number of ether oxygens (including phenoxy) is 1. The lowest BCUT2D eigenvalue weighted by atomic mass is 10.1. The normalized spacial score (nSPS) is 15.1. The fraction of sp³-hybridized carbons (Fsp3) is 0.526. The predicted octanol–water partition coefficient (Wildman–Crippen LogP) is 2.83. The third-order valence-electron chi connectivity index (χ3n) is 4.97. The highest BCUT2D eigenvalue weighted by atomic mass is 16.5. The van der Waals surface area contributed by atoms with Crippen LogP contribution in [0, 0.1) is 0 Å². The SMILES string of the molecule is COc1cccc(CN(C(=O)NCc2nc(N)n[nH]2)C2CCCCCC2)c1. The van der Waals surface area contributed by atoms with Gasteiger partial charge >= 0.3 is 6.03 Å². The van der Waals surface area contributed by atoms with Gasteiger partial charge in [-0.2, -0.15) is 4.98 Å². The molecule has 2 amide bonds. The molecule has 2 aromatic rings. The molecule has 8 heteroatoms. The molecule has 4 N–H and O–H groups in total. The fourth-order valence-electron chi connectivity index (χ4n) is 3.55. The minimum Gasteiger partial charge on any atom is -0.497 e. The topological polar surface area (TPSA) is 109 Å².